The first-order valence-corrected chi connectivity index (χ1v) is 27.1. The van der Waals surface area contributed by atoms with E-state index >= 15 is 0 Å². The standard InChI is InChI=1S/C63H75N3O2.2CH3.Zr/c1-60(2,3)45-28-51(57(67)53(30-45)62-32-38-20-39(33-62)22-40(21-38)34-62)47-12-7-9-14-49(47)55-26-44(59-65-16-11-17-66(59)19-18-65)27-56(64-55)50-15-10-8-13-48(50)52-29-46(61(4,5)6)31-54(58(52)68)63-35-41-23-42(36-63)25-43(24-41)37-63;;;/h7-10,12-15,26-31,38-43,59,67-68H,11,16-25,32-37H2,1-6H3;2*1H3;/q;2*-1;. The molecule has 2 unspecified atom stereocenters. The molecule has 0 radical (unpaired) electrons. The SMILES string of the molecule is CC(C)(C)c1cc(-c2ccccc2-c2cc(C3N4CCCN3CC4)cc(-c3ccccc3-c3cc(C(C)(C)C)cc(C45CC6CC(CC(C6)C4)C5)c3O)n2)c(O)c(C23CC4CC(CC(C4)C2)C3)c1.[CH3-].[CH3-].[Zr]. The van der Waals surface area contributed by atoms with Gasteiger partial charge in [0, 0.05) is 85.8 Å². The smallest absolute Gasteiger partial charge is 0.127 e. The molecule has 2 saturated heterocycles. The number of hydrogen-bond acceptors (Lipinski definition) is 5. The minimum atomic E-state index is -0.0853. The zero-order chi connectivity index (χ0) is 46.5. The predicted molar refractivity (Wildman–Crippen MR) is 290 cm³/mol. The number of nitrogens with zero attached hydrogens (tertiary/aromatic N) is 3. The summed E-state index contributed by atoms with van der Waals surface area (Å²) in [5.74, 6) is 5.67. The van der Waals surface area contributed by atoms with Crippen molar-refractivity contribution in [3.8, 4) is 56.3 Å². The van der Waals surface area contributed by atoms with Crippen LogP contribution in [0.1, 0.15) is 159 Å². The molecule has 2 N–H and O–H groups in total. The van der Waals surface area contributed by atoms with Crippen molar-refractivity contribution >= 4 is 0 Å². The van der Waals surface area contributed by atoms with Crippen LogP contribution in [-0.4, -0.2) is 51.2 Å². The van der Waals surface area contributed by atoms with Crippen molar-refractivity contribution in [2.75, 3.05) is 26.2 Å². The van der Waals surface area contributed by atoms with Gasteiger partial charge in [-0.2, -0.15) is 0 Å². The van der Waals surface area contributed by atoms with E-state index in [4.69, 9.17) is 4.98 Å². The number of aromatic hydroxyl groups is 2. The molecule has 5 aromatic rings. The van der Waals surface area contributed by atoms with Gasteiger partial charge in [-0.25, -0.2) is 4.98 Å². The molecule has 10 aliphatic rings. The molecule has 10 bridgehead atoms. The molecule has 2 aliphatic heterocycles. The van der Waals surface area contributed by atoms with E-state index in [0.29, 0.717) is 11.5 Å². The molecule has 2 atom stereocenters. The monoisotopic (exact) mass is 1030 g/mol. The molecule has 71 heavy (non-hydrogen) atoms. The molecular formula is C65H81N3O2Zr-2. The van der Waals surface area contributed by atoms with Crippen LogP contribution in [-0.2, 0) is 47.9 Å². The quantitative estimate of drug-likeness (QED) is 0.159. The third kappa shape index (κ3) is 8.57. The number of fused-ring (bicyclic) bond motifs is 2. The van der Waals surface area contributed by atoms with E-state index in [1.807, 2.05) is 0 Å². The van der Waals surface area contributed by atoms with Gasteiger partial charge >= 0.3 is 0 Å². The van der Waals surface area contributed by atoms with Crippen molar-refractivity contribution in [1.82, 2.24) is 14.8 Å². The molecular weight excluding hydrogens is 946 g/mol. The number of phenols is 2. The Bertz CT molecular complexity index is 2570. The van der Waals surface area contributed by atoms with E-state index in [-0.39, 0.29) is 68.9 Å². The van der Waals surface area contributed by atoms with Crippen molar-refractivity contribution in [2.24, 2.45) is 35.5 Å². The zero-order valence-corrected chi connectivity index (χ0v) is 46.8. The molecule has 8 aliphatic carbocycles. The topological polar surface area (TPSA) is 59.8 Å². The van der Waals surface area contributed by atoms with Gasteiger partial charge in [-0.3, -0.25) is 9.80 Å². The van der Waals surface area contributed by atoms with Gasteiger partial charge in [-0.05, 0) is 193 Å². The van der Waals surface area contributed by atoms with Crippen molar-refractivity contribution in [1.29, 1.82) is 0 Å². The molecule has 6 heteroatoms. The fraction of sp³-hybridized carbons (Fsp3) is 0.523. The number of aromatic nitrogens is 1. The van der Waals surface area contributed by atoms with Gasteiger partial charge < -0.3 is 25.1 Å². The maximum atomic E-state index is 12.9. The second kappa shape index (κ2) is 18.4. The van der Waals surface area contributed by atoms with Crippen LogP contribution in [0.3, 0.4) is 0 Å². The summed E-state index contributed by atoms with van der Waals surface area (Å²) < 4.78 is 0. The Labute approximate surface area is 446 Å². The van der Waals surface area contributed by atoms with Crippen molar-refractivity contribution in [2.45, 2.75) is 153 Å². The summed E-state index contributed by atoms with van der Waals surface area (Å²) in [4.78, 5) is 11.1. The Balaban J connectivity index is 0.00000194. The average molecular weight is 1030 g/mol. The molecule has 10 fully saturated rings. The first-order chi connectivity index (χ1) is 32.6. The minimum Gasteiger partial charge on any atom is -0.507 e. The molecule has 4 aromatic carbocycles. The van der Waals surface area contributed by atoms with Crippen LogP contribution < -0.4 is 0 Å². The average Bonchev–Trinajstić information content (AvgIpc) is 3.54. The molecule has 8 saturated carbocycles. The van der Waals surface area contributed by atoms with Gasteiger partial charge in [0.2, 0.25) is 0 Å². The van der Waals surface area contributed by atoms with E-state index in [1.54, 1.807) is 0 Å². The first kappa shape index (κ1) is 50.9. The normalized spacial score (nSPS) is 32.0. The molecule has 5 nitrogen and oxygen atoms in total. The Kier molecular flexibility index (Phi) is 13.2. The molecule has 15 rings (SSSR count). The van der Waals surface area contributed by atoms with E-state index < -0.39 is 0 Å². The molecule has 1 aromatic heterocycles. The summed E-state index contributed by atoms with van der Waals surface area (Å²) in [5, 5.41) is 25.9. The van der Waals surface area contributed by atoms with Crippen LogP contribution in [0.15, 0.2) is 84.9 Å². The number of phenolic OH excluding ortho intramolecular Hbond substituents is 2. The molecule has 0 spiro atoms. The van der Waals surface area contributed by atoms with Crippen molar-refractivity contribution in [3.63, 3.8) is 0 Å². The van der Waals surface area contributed by atoms with Gasteiger partial charge in [0.1, 0.15) is 11.5 Å². The fourth-order valence-electron chi connectivity index (χ4n) is 17.2. The van der Waals surface area contributed by atoms with E-state index in [9.17, 15) is 10.2 Å². The second-order valence-corrected chi connectivity index (χ2v) is 26.3. The zero-order valence-electron chi connectivity index (χ0n) is 44.4. The van der Waals surface area contributed by atoms with Crippen LogP contribution in [0.4, 0.5) is 0 Å². The van der Waals surface area contributed by atoms with Gasteiger partial charge in [0.05, 0.1) is 17.6 Å². The van der Waals surface area contributed by atoms with Crippen LogP contribution in [0.25, 0.3) is 44.8 Å². The van der Waals surface area contributed by atoms with Crippen LogP contribution in [0.5, 0.6) is 11.5 Å². The summed E-state index contributed by atoms with van der Waals surface area (Å²) in [7, 11) is 0. The van der Waals surface area contributed by atoms with E-state index in [0.717, 1.165) is 106 Å². The Morgan fingerprint density at radius 2 is 0.803 bits per heavy atom. The van der Waals surface area contributed by atoms with Crippen LogP contribution >= 0.6 is 0 Å². The van der Waals surface area contributed by atoms with Crippen LogP contribution in [0, 0.1) is 50.4 Å². The summed E-state index contributed by atoms with van der Waals surface area (Å²) in [6.45, 7) is 18.3. The van der Waals surface area contributed by atoms with Crippen LogP contribution in [0.2, 0.25) is 0 Å². The summed E-state index contributed by atoms with van der Waals surface area (Å²) >= 11 is 0. The number of hydrogen-bond donors (Lipinski definition) is 2. The van der Waals surface area contributed by atoms with Gasteiger partial charge in [0.15, 0.2) is 0 Å². The Morgan fingerprint density at radius 1 is 0.465 bits per heavy atom. The number of benzene rings is 4. The molecule has 3 heterocycles. The van der Waals surface area contributed by atoms with Gasteiger partial charge in [-0.15, -0.1) is 0 Å². The first-order valence-electron chi connectivity index (χ1n) is 27.1. The van der Waals surface area contributed by atoms with Gasteiger partial charge in [0.25, 0.3) is 0 Å². The predicted octanol–water partition coefficient (Wildman–Crippen LogP) is 15.6. The van der Waals surface area contributed by atoms with Crippen molar-refractivity contribution < 1.29 is 36.4 Å². The minimum absolute atomic E-state index is 0. The number of rotatable bonds is 7. The van der Waals surface area contributed by atoms with E-state index in [1.165, 1.54) is 111 Å². The summed E-state index contributed by atoms with van der Waals surface area (Å²) in [6, 6.07) is 31.8. The maximum absolute atomic E-state index is 12.9. The summed E-state index contributed by atoms with van der Waals surface area (Å²) in [6.07, 6.45) is 16.9. The molecule has 374 valence electrons. The second-order valence-electron chi connectivity index (χ2n) is 26.3. The third-order valence-electron chi connectivity index (χ3n) is 19.6. The molecule has 0 amide bonds. The Hall–Kier alpha value is -3.57. The van der Waals surface area contributed by atoms with Crippen molar-refractivity contribution in [3.05, 3.63) is 128 Å². The largest absolute Gasteiger partial charge is 0.507 e. The van der Waals surface area contributed by atoms with Gasteiger partial charge in [-0.1, -0.05) is 102 Å². The number of pyridine rings is 1. The van der Waals surface area contributed by atoms with E-state index in [2.05, 4.69) is 136 Å². The Morgan fingerprint density at radius 3 is 1.14 bits per heavy atom. The summed E-state index contributed by atoms with van der Waals surface area (Å²) in [5.41, 5.74) is 14.2. The maximum Gasteiger partial charge on any atom is 0.127 e. The fourth-order valence-corrected chi connectivity index (χ4v) is 17.2. The third-order valence-corrected chi connectivity index (χ3v) is 19.6.